The van der Waals surface area contributed by atoms with Crippen LogP contribution in [-0.4, -0.2) is 16.6 Å². The van der Waals surface area contributed by atoms with Crippen LogP contribution in [0.5, 0.6) is 0 Å². The van der Waals surface area contributed by atoms with Crippen LogP contribution in [-0.2, 0) is 15.0 Å². The molecule has 0 aliphatic heterocycles. The van der Waals surface area contributed by atoms with Crippen LogP contribution in [0.15, 0.2) is 168 Å². The molecule has 0 saturated heterocycles. The molecule has 0 N–H and O–H groups in total. The number of pyridine rings is 1. The van der Waals surface area contributed by atoms with Crippen LogP contribution in [0.2, 0.25) is 0 Å². The summed E-state index contributed by atoms with van der Waals surface area (Å²) in [5.74, 6) is -0.160. The first-order valence-corrected chi connectivity index (χ1v) is 19.6. The number of anilines is 3. The van der Waals surface area contributed by atoms with E-state index in [0.717, 1.165) is 38.2 Å². The summed E-state index contributed by atoms with van der Waals surface area (Å²) in [6.07, 6.45) is 14.0. The summed E-state index contributed by atoms with van der Waals surface area (Å²) in [6.45, 7) is 4.09. The molecular weight excluding hydrogens is 693 g/mol. The van der Waals surface area contributed by atoms with Gasteiger partial charge < -0.3 is 4.90 Å². The van der Waals surface area contributed by atoms with Gasteiger partial charge in [0.05, 0.1) is 11.0 Å². The SMILES string of the molecule is Cc1cc(N(c2ccccc2)c2ccc3c(c2)C2(c4ccccc4-c4ccccc42)c2cc(C=C4C(=O)C5=CC6C=CC=CC6C=C5C4=O)sc2-3)cc(C)n1. The normalized spacial score (nSPS) is 19.0. The lowest BCUT2D eigenvalue weighted by molar-refractivity contribution is -0.115. The second-order valence-electron chi connectivity index (χ2n) is 15.0. The molecular formula is C50H34N2O2S. The number of Topliss-reactive ketones (excluding diaryl/α,β-unsaturated/α-hetero) is 2. The Morgan fingerprint density at radius 1 is 0.600 bits per heavy atom. The lowest BCUT2D eigenvalue weighted by atomic mass is 9.71. The molecule has 1 spiro atoms. The Kier molecular flexibility index (Phi) is 6.86. The summed E-state index contributed by atoms with van der Waals surface area (Å²) in [6, 6.07) is 41.5. The fraction of sp³-hybridized carbons (Fsp3) is 0.100. The number of aryl methyl sites for hydroxylation is 2. The van der Waals surface area contributed by atoms with E-state index in [1.54, 1.807) is 11.3 Å². The third-order valence-electron chi connectivity index (χ3n) is 11.9. The number of thiophene rings is 1. The fourth-order valence-corrected chi connectivity index (χ4v) is 10.9. The van der Waals surface area contributed by atoms with Crippen LogP contribution in [0, 0.1) is 25.7 Å². The van der Waals surface area contributed by atoms with E-state index in [1.807, 2.05) is 44.2 Å². The number of fused-ring (bicyclic) bond motifs is 12. The van der Waals surface area contributed by atoms with Gasteiger partial charge in [-0.15, -0.1) is 11.3 Å². The van der Waals surface area contributed by atoms with Gasteiger partial charge in [0.2, 0.25) is 0 Å². The van der Waals surface area contributed by atoms with Gasteiger partial charge in [0.25, 0.3) is 0 Å². The molecule has 2 atom stereocenters. The molecule has 5 aliphatic carbocycles. The highest BCUT2D eigenvalue weighted by atomic mass is 32.1. The highest BCUT2D eigenvalue weighted by molar-refractivity contribution is 7.16. The number of hydrogen-bond donors (Lipinski definition) is 0. The average molecular weight is 727 g/mol. The van der Waals surface area contributed by atoms with Gasteiger partial charge in [-0.25, -0.2) is 0 Å². The molecule has 11 rings (SSSR count). The first kappa shape index (κ1) is 32.0. The van der Waals surface area contributed by atoms with Gasteiger partial charge in [-0.05, 0) is 101 Å². The van der Waals surface area contributed by atoms with Crippen LogP contribution >= 0.6 is 11.3 Å². The summed E-state index contributed by atoms with van der Waals surface area (Å²) in [4.78, 5) is 36.9. The smallest absolute Gasteiger partial charge is 0.197 e. The van der Waals surface area contributed by atoms with Crippen molar-refractivity contribution in [2.45, 2.75) is 19.3 Å². The van der Waals surface area contributed by atoms with E-state index in [9.17, 15) is 9.59 Å². The van der Waals surface area contributed by atoms with Crippen LogP contribution in [0.4, 0.5) is 17.1 Å². The molecule has 0 amide bonds. The van der Waals surface area contributed by atoms with Crippen LogP contribution < -0.4 is 4.90 Å². The number of para-hydroxylation sites is 1. The minimum atomic E-state index is -0.593. The molecule has 55 heavy (non-hydrogen) atoms. The van der Waals surface area contributed by atoms with Crippen molar-refractivity contribution < 1.29 is 9.59 Å². The summed E-state index contributed by atoms with van der Waals surface area (Å²) < 4.78 is 0. The third-order valence-corrected chi connectivity index (χ3v) is 13.0. The summed E-state index contributed by atoms with van der Waals surface area (Å²) in [7, 11) is 0. The van der Waals surface area contributed by atoms with Gasteiger partial charge in [0.15, 0.2) is 11.6 Å². The molecule has 4 aromatic carbocycles. The van der Waals surface area contributed by atoms with Crippen LogP contribution in [0.25, 0.3) is 27.6 Å². The van der Waals surface area contributed by atoms with E-state index in [1.165, 1.54) is 38.9 Å². The number of allylic oxidation sites excluding steroid dienone is 9. The summed E-state index contributed by atoms with van der Waals surface area (Å²) in [5, 5.41) is 0. The number of carbonyl (C=O) groups excluding carboxylic acids is 2. The maximum absolute atomic E-state index is 13.9. The quantitative estimate of drug-likeness (QED) is 0.134. The predicted octanol–water partition coefficient (Wildman–Crippen LogP) is 11.3. The van der Waals surface area contributed by atoms with Gasteiger partial charge in [0, 0.05) is 61.2 Å². The van der Waals surface area contributed by atoms with Crippen molar-refractivity contribution in [3.8, 4) is 21.6 Å². The molecule has 2 unspecified atom stereocenters. The van der Waals surface area contributed by atoms with E-state index >= 15 is 0 Å². The molecule has 4 nitrogen and oxygen atoms in total. The number of benzene rings is 4. The van der Waals surface area contributed by atoms with Crippen molar-refractivity contribution in [2.24, 2.45) is 11.8 Å². The van der Waals surface area contributed by atoms with Crippen molar-refractivity contribution in [3.05, 3.63) is 207 Å². The Morgan fingerprint density at radius 2 is 1.20 bits per heavy atom. The minimum Gasteiger partial charge on any atom is -0.310 e. The lowest BCUT2D eigenvalue weighted by Crippen LogP contribution is -2.26. The van der Waals surface area contributed by atoms with Crippen molar-refractivity contribution in [1.82, 2.24) is 4.98 Å². The van der Waals surface area contributed by atoms with Crippen LogP contribution in [0.3, 0.4) is 0 Å². The molecule has 5 aliphatic rings. The number of rotatable bonds is 4. The second-order valence-corrected chi connectivity index (χ2v) is 16.1. The molecule has 6 aromatic rings. The maximum Gasteiger partial charge on any atom is 0.197 e. The zero-order chi connectivity index (χ0) is 37.0. The minimum absolute atomic E-state index is 0.0959. The predicted molar refractivity (Wildman–Crippen MR) is 222 cm³/mol. The van der Waals surface area contributed by atoms with E-state index < -0.39 is 5.41 Å². The Balaban J connectivity index is 1.13. The van der Waals surface area contributed by atoms with Gasteiger partial charge in [-0.2, -0.15) is 0 Å². The van der Waals surface area contributed by atoms with Gasteiger partial charge in [-0.1, -0.05) is 109 Å². The number of nitrogens with zero attached hydrogens (tertiary/aromatic N) is 2. The largest absolute Gasteiger partial charge is 0.310 e. The fourth-order valence-electron chi connectivity index (χ4n) is 9.67. The molecule has 2 heterocycles. The summed E-state index contributed by atoms with van der Waals surface area (Å²) in [5.41, 5.74) is 14.4. The van der Waals surface area contributed by atoms with Gasteiger partial charge in [0.1, 0.15) is 0 Å². The summed E-state index contributed by atoms with van der Waals surface area (Å²) >= 11 is 1.67. The molecule has 1 saturated carbocycles. The standard InChI is InChI=1S/C50H34N2O2S/c1-29-22-35(23-30(2)51-29)52(33-14-4-3-5-15-33)34-20-21-39-45(26-34)50(43-18-10-8-16-37(43)38-17-9-11-19-44(38)50)46-28-36(55-49(39)46)27-42-47(53)40-24-31-12-6-7-13-32(31)25-41(40)48(42)54/h3-28,31-32H,1-2H3. The van der Waals surface area contributed by atoms with Crippen molar-refractivity contribution in [1.29, 1.82) is 0 Å². The highest BCUT2D eigenvalue weighted by Crippen LogP contribution is 2.65. The Bertz CT molecular complexity index is 2730. The second kappa shape index (κ2) is 11.8. The van der Waals surface area contributed by atoms with E-state index in [-0.39, 0.29) is 29.0 Å². The van der Waals surface area contributed by atoms with E-state index in [2.05, 4.69) is 132 Å². The lowest BCUT2D eigenvalue weighted by Gasteiger charge is -2.32. The monoisotopic (exact) mass is 726 g/mol. The molecule has 2 aromatic heterocycles. The third kappa shape index (κ3) is 4.54. The van der Waals surface area contributed by atoms with Crippen LogP contribution in [0.1, 0.15) is 38.5 Å². The zero-order valence-electron chi connectivity index (χ0n) is 30.3. The zero-order valence-corrected chi connectivity index (χ0v) is 31.1. The molecule has 0 radical (unpaired) electrons. The topological polar surface area (TPSA) is 50.3 Å². The number of aromatic nitrogens is 1. The number of hydrogen-bond acceptors (Lipinski definition) is 5. The molecule has 262 valence electrons. The number of carbonyl (C=O) groups is 2. The first-order chi connectivity index (χ1) is 26.9. The van der Waals surface area contributed by atoms with E-state index in [4.69, 9.17) is 4.98 Å². The van der Waals surface area contributed by atoms with Gasteiger partial charge in [-0.3, -0.25) is 14.6 Å². The molecule has 5 heteroatoms. The van der Waals surface area contributed by atoms with Crippen molar-refractivity contribution in [2.75, 3.05) is 4.90 Å². The van der Waals surface area contributed by atoms with Crippen molar-refractivity contribution in [3.63, 3.8) is 0 Å². The Hall–Kier alpha value is -6.43. The maximum atomic E-state index is 13.9. The number of ketones is 2. The van der Waals surface area contributed by atoms with E-state index in [0.29, 0.717) is 11.1 Å². The van der Waals surface area contributed by atoms with Crippen molar-refractivity contribution >= 4 is 46.0 Å². The van der Waals surface area contributed by atoms with Gasteiger partial charge >= 0.3 is 0 Å². The Labute approximate surface area is 323 Å². The Morgan fingerprint density at radius 3 is 1.84 bits per heavy atom. The highest BCUT2D eigenvalue weighted by Gasteiger charge is 2.53. The molecule has 1 fully saturated rings. The average Bonchev–Trinajstić information content (AvgIpc) is 3.89. The molecule has 0 bridgehead atoms. The first-order valence-electron chi connectivity index (χ1n) is 18.8.